The summed E-state index contributed by atoms with van der Waals surface area (Å²) in [5.74, 6) is 0.662. The number of sulfonamides is 1. The van der Waals surface area contributed by atoms with Crippen LogP contribution in [0.2, 0.25) is 0 Å². The van der Waals surface area contributed by atoms with Crippen LogP contribution in [0, 0.1) is 27.7 Å². The third-order valence-electron chi connectivity index (χ3n) is 6.57. The molecule has 0 aliphatic rings. The fourth-order valence-corrected chi connectivity index (χ4v) is 6.62. The number of H-pyrrole nitrogens is 1. The minimum atomic E-state index is -3.89. The van der Waals surface area contributed by atoms with Crippen molar-refractivity contribution in [1.29, 1.82) is 0 Å². The molecule has 0 saturated carbocycles. The molecule has 36 heavy (non-hydrogen) atoms. The number of ether oxygens (including phenoxy) is 1. The zero-order valence-corrected chi connectivity index (χ0v) is 22.2. The van der Waals surface area contributed by atoms with E-state index >= 15 is 0 Å². The molecule has 6 nitrogen and oxygen atoms in total. The predicted molar refractivity (Wildman–Crippen MR) is 144 cm³/mol. The molecule has 188 valence electrons. The Morgan fingerprint density at radius 3 is 2.22 bits per heavy atom. The summed E-state index contributed by atoms with van der Waals surface area (Å²) >= 11 is 0. The Balaban J connectivity index is 1.79. The Kier molecular flexibility index (Phi) is 7.33. The van der Waals surface area contributed by atoms with E-state index in [0.717, 1.165) is 22.1 Å². The van der Waals surface area contributed by atoms with Gasteiger partial charge in [0.05, 0.1) is 12.0 Å². The van der Waals surface area contributed by atoms with E-state index < -0.39 is 10.0 Å². The van der Waals surface area contributed by atoms with E-state index in [4.69, 9.17) is 4.74 Å². The molecule has 0 aliphatic heterocycles. The molecule has 3 aromatic carbocycles. The number of nitrogens with one attached hydrogen (secondary N) is 1. The van der Waals surface area contributed by atoms with E-state index in [1.807, 2.05) is 70.2 Å². The SMILES string of the molecule is COc1ccc2[nH]c(=O)c(CN(CCc3ccccc3C)S(=O)(=O)c3c(C)cc(C)cc3C)cc2c1. The Morgan fingerprint density at radius 2 is 1.56 bits per heavy atom. The molecule has 0 atom stereocenters. The molecule has 0 fully saturated rings. The first-order valence-corrected chi connectivity index (χ1v) is 13.4. The van der Waals surface area contributed by atoms with Crippen molar-refractivity contribution in [3.63, 3.8) is 0 Å². The van der Waals surface area contributed by atoms with Gasteiger partial charge in [0, 0.05) is 29.6 Å². The standard InChI is InChI=1S/C29H32N2O4S/c1-19-14-21(3)28(22(4)15-19)36(33,34)31(13-12-23-9-7-6-8-20(23)2)18-25-16-24-17-26(35-5)10-11-27(24)30-29(25)32/h6-11,14-17H,12-13,18H2,1-5H3,(H,30,32). The molecule has 0 bridgehead atoms. The van der Waals surface area contributed by atoms with Crippen molar-refractivity contribution >= 4 is 20.9 Å². The first kappa shape index (κ1) is 25.7. The summed E-state index contributed by atoms with van der Waals surface area (Å²) in [6.45, 7) is 7.82. The molecule has 0 spiro atoms. The zero-order valence-electron chi connectivity index (χ0n) is 21.4. The molecule has 7 heteroatoms. The summed E-state index contributed by atoms with van der Waals surface area (Å²) in [5, 5.41) is 0.780. The fraction of sp³-hybridized carbons (Fsp3) is 0.276. The van der Waals surface area contributed by atoms with Gasteiger partial charge in [0.15, 0.2) is 0 Å². The second kappa shape index (κ2) is 10.3. The van der Waals surface area contributed by atoms with Gasteiger partial charge >= 0.3 is 0 Å². The van der Waals surface area contributed by atoms with Crippen molar-refractivity contribution in [2.24, 2.45) is 0 Å². The summed E-state index contributed by atoms with van der Waals surface area (Å²) in [4.78, 5) is 16.2. The average Bonchev–Trinajstić information content (AvgIpc) is 2.81. The van der Waals surface area contributed by atoms with E-state index in [9.17, 15) is 13.2 Å². The van der Waals surface area contributed by atoms with Crippen LogP contribution in [0.25, 0.3) is 10.9 Å². The molecule has 1 heterocycles. The number of nitrogens with zero attached hydrogens (tertiary/aromatic N) is 1. The maximum absolute atomic E-state index is 14.1. The highest BCUT2D eigenvalue weighted by Gasteiger charge is 2.29. The largest absolute Gasteiger partial charge is 0.497 e. The molecule has 1 N–H and O–H groups in total. The van der Waals surface area contributed by atoms with E-state index in [0.29, 0.717) is 39.3 Å². The van der Waals surface area contributed by atoms with Gasteiger partial charge in [-0.2, -0.15) is 4.31 Å². The number of pyridine rings is 1. The van der Waals surface area contributed by atoms with Crippen LogP contribution in [0.4, 0.5) is 0 Å². The lowest BCUT2D eigenvalue weighted by Crippen LogP contribution is -2.35. The van der Waals surface area contributed by atoms with Crippen LogP contribution in [-0.4, -0.2) is 31.4 Å². The summed E-state index contributed by atoms with van der Waals surface area (Å²) < 4.78 is 34.9. The van der Waals surface area contributed by atoms with Gasteiger partial charge in [-0.1, -0.05) is 42.0 Å². The van der Waals surface area contributed by atoms with Gasteiger partial charge in [-0.05, 0) is 80.6 Å². The third kappa shape index (κ3) is 5.22. The monoisotopic (exact) mass is 504 g/mol. The molecule has 0 unspecified atom stereocenters. The van der Waals surface area contributed by atoms with Crippen molar-refractivity contribution in [2.75, 3.05) is 13.7 Å². The summed E-state index contributed by atoms with van der Waals surface area (Å²) in [7, 11) is -2.30. The Labute approximate surface area is 212 Å². The molecule has 4 rings (SSSR count). The van der Waals surface area contributed by atoms with E-state index in [1.165, 1.54) is 4.31 Å². The number of benzene rings is 3. The summed E-state index contributed by atoms with van der Waals surface area (Å²) in [6, 6.07) is 18.9. The Hall–Kier alpha value is -3.42. The van der Waals surface area contributed by atoms with Gasteiger partial charge in [-0.15, -0.1) is 0 Å². The number of fused-ring (bicyclic) bond motifs is 1. The second-order valence-electron chi connectivity index (χ2n) is 9.32. The van der Waals surface area contributed by atoms with Crippen molar-refractivity contribution < 1.29 is 13.2 Å². The lowest BCUT2D eigenvalue weighted by molar-refractivity contribution is 0.407. The number of aromatic nitrogens is 1. The quantitative estimate of drug-likeness (QED) is 0.358. The second-order valence-corrected chi connectivity index (χ2v) is 11.2. The van der Waals surface area contributed by atoms with Gasteiger partial charge in [0.25, 0.3) is 5.56 Å². The molecule has 0 aliphatic carbocycles. The highest BCUT2D eigenvalue weighted by atomic mass is 32.2. The third-order valence-corrected chi connectivity index (χ3v) is 8.72. The van der Waals surface area contributed by atoms with E-state index in [1.54, 1.807) is 25.3 Å². The van der Waals surface area contributed by atoms with E-state index in [2.05, 4.69) is 4.98 Å². The van der Waals surface area contributed by atoms with Crippen LogP contribution in [0.15, 0.2) is 70.4 Å². The highest BCUT2D eigenvalue weighted by Crippen LogP contribution is 2.27. The van der Waals surface area contributed by atoms with Crippen LogP contribution in [0.1, 0.15) is 33.4 Å². The molecule has 1 aromatic heterocycles. The van der Waals surface area contributed by atoms with Crippen LogP contribution < -0.4 is 10.3 Å². The van der Waals surface area contributed by atoms with Gasteiger partial charge in [0.1, 0.15) is 5.75 Å². The molecule has 4 aromatic rings. The highest BCUT2D eigenvalue weighted by molar-refractivity contribution is 7.89. The summed E-state index contributed by atoms with van der Waals surface area (Å²) in [5.41, 5.74) is 5.34. The fourth-order valence-electron chi connectivity index (χ4n) is 4.79. The molecular weight excluding hydrogens is 472 g/mol. The van der Waals surface area contributed by atoms with Gasteiger partial charge < -0.3 is 9.72 Å². The minimum Gasteiger partial charge on any atom is -0.497 e. The number of aryl methyl sites for hydroxylation is 4. The first-order valence-electron chi connectivity index (χ1n) is 11.9. The van der Waals surface area contributed by atoms with Crippen molar-refractivity contribution in [3.8, 4) is 5.75 Å². The number of hydrogen-bond acceptors (Lipinski definition) is 4. The maximum Gasteiger partial charge on any atom is 0.252 e. The normalized spacial score (nSPS) is 11.8. The molecule has 0 radical (unpaired) electrons. The summed E-state index contributed by atoms with van der Waals surface area (Å²) in [6.07, 6.45) is 0.537. The maximum atomic E-state index is 14.1. The smallest absolute Gasteiger partial charge is 0.252 e. The number of hydrogen-bond donors (Lipinski definition) is 1. The Bertz CT molecular complexity index is 1570. The van der Waals surface area contributed by atoms with Gasteiger partial charge in [-0.3, -0.25) is 4.79 Å². The van der Waals surface area contributed by atoms with Crippen LogP contribution in [0.5, 0.6) is 5.75 Å². The first-order chi connectivity index (χ1) is 17.1. The van der Waals surface area contributed by atoms with Gasteiger partial charge in [0.2, 0.25) is 10.0 Å². The minimum absolute atomic E-state index is 0.0382. The lowest BCUT2D eigenvalue weighted by Gasteiger charge is -2.25. The number of rotatable bonds is 8. The lowest BCUT2D eigenvalue weighted by atomic mass is 10.1. The number of methoxy groups -OCH3 is 1. The van der Waals surface area contributed by atoms with Crippen molar-refractivity contribution in [1.82, 2.24) is 9.29 Å². The zero-order chi connectivity index (χ0) is 26.0. The van der Waals surface area contributed by atoms with Crippen molar-refractivity contribution in [3.05, 3.63) is 104 Å². The number of aromatic amines is 1. The molecule has 0 saturated heterocycles. The topological polar surface area (TPSA) is 79.5 Å². The van der Waals surface area contributed by atoms with Crippen LogP contribution >= 0.6 is 0 Å². The molecular formula is C29H32N2O4S. The van der Waals surface area contributed by atoms with Crippen LogP contribution in [-0.2, 0) is 23.0 Å². The average molecular weight is 505 g/mol. The van der Waals surface area contributed by atoms with Gasteiger partial charge in [-0.25, -0.2) is 8.42 Å². The predicted octanol–water partition coefficient (Wildman–Crippen LogP) is 5.20. The van der Waals surface area contributed by atoms with E-state index in [-0.39, 0.29) is 18.6 Å². The van der Waals surface area contributed by atoms with Crippen LogP contribution in [0.3, 0.4) is 0 Å². The Morgan fingerprint density at radius 1 is 0.861 bits per heavy atom. The van der Waals surface area contributed by atoms with Crippen molar-refractivity contribution in [2.45, 2.75) is 45.6 Å². The molecule has 0 amide bonds.